The molecule has 2 N–H and O–H groups in total. The zero-order chi connectivity index (χ0) is 19.9. The molecule has 0 radical (unpaired) electrons. The highest BCUT2D eigenvalue weighted by Gasteiger charge is 2.35. The summed E-state index contributed by atoms with van der Waals surface area (Å²) < 4.78 is 42.8. The number of hydrogen-bond donors (Lipinski definition) is 2. The summed E-state index contributed by atoms with van der Waals surface area (Å²) in [6, 6.07) is 2.51. The van der Waals surface area contributed by atoms with Gasteiger partial charge in [-0.25, -0.2) is 4.98 Å². The van der Waals surface area contributed by atoms with E-state index in [-0.39, 0.29) is 17.8 Å². The maximum absolute atomic E-state index is 13.0. The largest absolute Gasteiger partial charge is 0.421 e. The highest BCUT2D eigenvalue weighted by Crippen LogP contribution is 2.42. The van der Waals surface area contributed by atoms with Crippen LogP contribution in [0.15, 0.2) is 30.9 Å². The minimum absolute atomic E-state index is 0.0722. The Bertz CT molecular complexity index is 957. The summed E-state index contributed by atoms with van der Waals surface area (Å²) in [6.07, 6.45) is 3.43. The van der Waals surface area contributed by atoms with Crippen molar-refractivity contribution in [2.24, 2.45) is 0 Å². The van der Waals surface area contributed by atoms with Gasteiger partial charge in [0.25, 0.3) is 0 Å². The minimum Gasteiger partial charge on any atom is -0.372 e. The predicted molar refractivity (Wildman–Crippen MR) is 96.4 cm³/mol. The molecule has 1 saturated carbocycles. The maximum Gasteiger partial charge on any atom is 0.421 e. The van der Waals surface area contributed by atoms with Gasteiger partial charge in [-0.2, -0.15) is 28.4 Å². The molecule has 3 aromatic rings. The molecular formula is C17H19F3N8. The fourth-order valence-electron chi connectivity index (χ4n) is 3.35. The third kappa shape index (κ3) is 3.27. The molecule has 0 aliphatic heterocycles. The zero-order valence-electron chi connectivity index (χ0n) is 15.3. The van der Waals surface area contributed by atoms with Gasteiger partial charge in [0, 0.05) is 25.6 Å². The second-order valence-electron chi connectivity index (χ2n) is 6.68. The Labute approximate surface area is 158 Å². The molecule has 3 aromatic heterocycles. The Hall–Kier alpha value is -3.11. The van der Waals surface area contributed by atoms with Crippen molar-refractivity contribution in [2.75, 3.05) is 17.7 Å². The van der Waals surface area contributed by atoms with Crippen molar-refractivity contribution in [3.8, 4) is 0 Å². The predicted octanol–water partition coefficient (Wildman–Crippen LogP) is 3.56. The highest BCUT2D eigenvalue weighted by atomic mass is 19.4. The van der Waals surface area contributed by atoms with E-state index in [1.54, 1.807) is 12.4 Å². The topological polar surface area (TPSA) is 85.5 Å². The van der Waals surface area contributed by atoms with E-state index in [4.69, 9.17) is 0 Å². The molecule has 148 valence electrons. The molecule has 4 rings (SSSR count). The molecule has 0 atom stereocenters. The van der Waals surface area contributed by atoms with Crippen LogP contribution in [0.4, 0.5) is 30.6 Å². The van der Waals surface area contributed by atoms with Crippen LogP contribution < -0.4 is 10.6 Å². The molecule has 1 aliphatic rings. The fourth-order valence-corrected chi connectivity index (χ4v) is 3.35. The van der Waals surface area contributed by atoms with Gasteiger partial charge in [-0.1, -0.05) is 0 Å². The first-order valence-electron chi connectivity index (χ1n) is 8.79. The Balaban J connectivity index is 1.48. The monoisotopic (exact) mass is 392 g/mol. The lowest BCUT2D eigenvalue weighted by molar-refractivity contribution is -0.137. The van der Waals surface area contributed by atoms with E-state index in [2.05, 4.69) is 30.8 Å². The van der Waals surface area contributed by atoms with Crippen molar-refractivity contribution in [3.63, 3.8) is 0 Å². The summed E-state index contributed by atoms with van der Waals surface area (Å²) in [7, 11) is 1.39. The summed E-state index contributed by atoms with van der Waals surface area (Å²) in [5.74, 6) is -0.209. The van der Waals surface area contributed by atoms with Gasteiger partial charge in [-0.05, 0) is 25.8 Å². The van der Waals surface area contributed by atoms with Gasteiger partial charge >= 0.3 is 6.18 Å². The van der Waals surface area contributed by atoms with Gasteiger partial charge in [-0.3, -0.25) is 9.36 Å². The highest BCUT2D eigenvalue weighted by molar-refractivity contribution is 5.58. The molecule has 0 spiro atoms. The third-order valence-corrected chi connectivity index (χ3v) is 4.96. The van der Waals surface area contributed by atoms with E-state index in [1.807, 2.05) is 28.6 Å². The number of nitrogens with one attached hydrogen (secondary N) is 2. The number of anilines is 3. The number of aromatic nitrogens is 6. The van der Waals surface area contributed by atoms with E-state index in [1.165, 1.54) is 7.05 Å². The van der Waals surface area contributed by atoms with Gasteiger partial charge in [-0.15, -0.1) is 0 Å². The van der Waals surface area contributed by atoms with Crippen LogP contribution in [0.2, 0.25) is 0 Å². The molecule has 1 aliphatic carbocycles. The fraction of sp³-hybridized carbons (Fsp3) is 0.412. The van der Waals surface area contributed by atoms with E-state index in [0.717, 1.165) is 24.7 Å². The third-order valence-electron chi connectivity index (χ3n) is 4.96. The first kappa shape index (κ1) is 18.3. The summed E-state index contributed by atoms with van der Waals surface area (Å²) in [5.41, 5.74) is 0.620. The normalized spacial score (nSPS) is 19.3. The van der Waals surface area contributed by atoms with Crippen molar-refractivity contribution >= 4 is 17.5 Å². The van der Waals surface area contributed by atoms with Crippen LogP contribution in [0, 0.1) is 6.92 Å². The van der Waals surface area contributed by atoms with Crippen molar-refractivity contribution in [1.29, 1.82) is 0 Å². The van der Waals surface area contributed by atoms with Crippen LogP contribution in [0.25, 0.3) is 0 Å². The standard InChI is InChI=1S/C17H19F3N8/c1-10-14(25-16-22-8-13(17(18,19)20)15(21-2)26-16)9-24-28(10)12-6-11(7-12)27-5-3-4-23-27/h3-5,8-9,11-12H,6-7H2,1-2H3,(H2,21,22,25,26)/t11-,12+. The second-order valence-corrected chi connectivity index (χ2v) is 6.68. The van der Waals surface area contributed by atoms with Gasteiger partial charge in [0.2, 0.25) is 5.95 Å². The molecule has 0 bridgehead atoms. The first-order chi connectivity index (χ1) is 13.4. The van der Waals surface area contributed by atoms with E-state index in [0.29, 0.717) is 11.7 Å². The summed E-state index contributed by atoms with van der Waals surface area (Å²) in [4.78, 5) is 7.72. The van der Waals surface area contributed by atoms with Gasteiger partial charge < -0.3 is 10.6 Å². The SMILES string of the molecule is CNc1nc(Nc2cnn([C@H]3C[C@@H](n4cccn4)C3)c2C)ncc1C(F)(F)F. The van der Waals surface area contributed by atoms with Crippen LogP contribution in [0.3, 0.4) is 0 Å². The van der Waals surface area contributed by atoms with Gasteiger partial charge in [0.15, 0.2) is 0 Å². The van der Waals surface area contributed by atoms with E-state index < -0.39 is 11.7 Å². The number of halogens is 3. The Kier molecular flexibility index (Phi) is 4.44. The smallest absolute Gasteiger partial charge is 0.372 e. The molecule has 0 saturated heterocycles. The zero-order valence-corrected chi connectivity index (χ0v) is 15.3. The first-order valence-corrected chi connectivity index (χ1v) is 8.79. The van der Waals surface area contributed by atoms with Crippen LogP contribution >= 0.6 is 0 Å². The van der Waals surface area contributed by atoms with Crippen LogP contribution in [-0.4, -0.2) is 36.6 Å². The molecular weight excluding hydrogens is 373 g/mol. The molecule has 11 heteroatoms. The number of alkyl halides is 3. The Morgan fingerprint density at radius 2 is 1.93 bits per heavy atom. The Morgan fingerprint density at radius 3 is 2.57 bits per heavy atom. The maximum atomic E-state index is 13.0. The van der Waals surface area contributed by atoms with Crippen molar-refractivity contribution in [2.45, 2.75) is 38.0 Å². The molecule has 8 nitrogen and oxygen atoms in total. The van der Waals surface area contributed by atoms with Crippen molar-refractivity contribution in [1.82, 2.24) is 29.5 Å². The van der Waals surface area contributed by atoms with Gasteiger partial charge in [0.05, 0.1) is 29.7 Å². The molecule has 28 heavy (non-hydrogen) atoms. The van der Waals surface area contributed by atoms with Crippen LogP contribution in [0.1, 0.15) is 36.2 Å². The molecule has 3 heterocycles. The molecule has 0 unspecified atom stereocenters. The molecule has 1 fully saturated rings. The van der Waals surface area contributed by atoms with Crippen LogP contribution in [-0.2, 0) is 6.18 Å². The lowest BCUT2D eigenvalue weighted by Gasteiger charge is -2.36. The average molecular weight is 392 g/mol. The molecule has 0 aromatic carbocycles. The number of hydrogen-bond acceptors (Lipinski definition) is 6. The minimum atomic E-state index is -4.52. The lowest BCUT2D eigenvalue weighted by Crippen LogP contribution is -2.30. The molecule has 0 amide bonds. The number of rotatable bonds is 5. The van der Waals surface area contributed by atoms with E-state index >= 15 is 0 Å². The Morgan fingerprint density at radius 1 is 1.14 bits per heavy atom. The second kappa shape index (κ2) is 6.80. The van der Waals surface area contributed by atoms with Crippen molar-refractivity contribution in [3.05, 3.63) is 42.1 Å². The quantitative estimate of drug-likeness (QED) is 0.691. The van der Waals surface area contributed by atoms with E-state index in [9.17, 15) is 13.2 Å². The summed E-state index contributed by atoms with van der Waals surface area (Å²) >= 11 is 0. The summed E-state index contributed by atoms with van der Waals surface area (Å²) in [5, 5.41) is 14.1. The average Bonchev–Trinajstić information content (AvgIpc) is 3.25. The van der Waals surface area contributed by atoms with Crippen molar-refractivity contribution < 1.29 is 13.2 Å². The summed E-state index contributed by atoms with van der Waals surface area (Å²) in [6.45, 7) is 1.90. The van der Waals surface area contributed by atoms with Gasteiger partial charge in [0.1, 0.15) is 11.4 Å². The lowest BCUT2D eigenvalue weighted by atomic mass is 9.87. The van der Waals surface area contributed by atoms with Crippen LogP contribution in [0.5, 0.6) is 0 Å². The number of nitrogens with zero attached hydrogens (tertiary/aromatic N) is 6.